The molecule has 0 saturated heterocycles. The SMILES string of the molecule is Cc1nc(C(N)CC(C)C)no1. The Morgan fingerprint density at radius 3 is 2.58 bits per heavy atom. The van der Waals surface area contributed by atoms with Crippen molar-refractivity contribution in [1.82, 2.24) is 10.1 Å². The number of nitrogens with two attached hydrogens (primary N) is 1. The molecule has 0 amide bonds. The zero-order chi connectivity index (χ0) is 9.14. The van der Waals surface area contributed by atoms with E-state index in [2.05, 4.69) is 24.0 Å². The van der Waals surface area contributed by atoms with Crippen LogP contribution in [0.4, 0.5) is 0 Å². The van der Waals surface area contributed by atoms with Gasteiger partial charge in [-0.15, -0.1) is 0 Å². The van der Waals surface area contributed by atoms with Crippen molar-refractivity contribution in [3.8, 4) is 0 Å². The van der Waals surface area contributed by atoms with Crippen LogP contribution >= 0.6 is 0 Å². The Hall–Kier alpha value is -0.900. The molecule has 12 heavy (non-hydrogen) atoms. The maximum atomic E-state index is 5.82. The second kappa shape index (κ2) is 3.67. The first-order valence-electron chi connectivity index (χ1n) is 4.15. The van der Waals surface area contributed by atoms with Crippen molar-refractivity contribution in [1.29, 1.82) is 0 Å². The second-order valence-electron chi connectivity index (χ2n) is 3.41. The molecule has 0 fully saturated rings. The monoisotopic (exact) mass is 169 g/mol. The molecule has 4 heteroatoms. The van der Waals surface area contributed by atoms with Gasteiger partial charge in [-0.2, -0.15) is 4.98 Å². The van der Waals surface area contributed by atoms with Gasteiger partial charge in [0.05, 0.1) is 6.04 Å². The summed E-state index contributed by atoms with van der Waals surface area (Å²) in [6, 6.07) is -0.0950. The lowest BCUT2D eigenvalue weighted by atomic mass is 10.0. The maximum absolute atomic E-state index is 5.82. The van der Waals surface area contributed by atoms with Gasteiger partial charge in [-0.25, -0.2) is 0 Å². The van der Waals surface area contributed by atoms with Crippen molar-refractivity contribution in [3.63, 3.8) is 0 Å². The molecule has 68 valence electrons. The summed E-state index contributed by atoms with van der Waals surface area (Å²) in [6.07, 6.45) is 0.888. The van der Waals surface area contributed by atoms with Gasteiger partial charge in [-0.1, -0.05) is 19.0 Å². The third kappa shape index (κ3) is 2.30. The summed E-state index contributed by atoms with van der Waals surface area (Å²) < 4.78 is 4.83. The van der Waals surface area contributed by atoms with E-state index in [0.717, 1.165) is 6.42 Å². The number of rotatable bonds is 3. The molecule has 0 aliphatic carbocycles. The van der Waals surface area contributed by atoms with Crippen molar-refractivity contribution >= 4 is 0 Å². The van der Waals surface area contributed by atoms with Gasteiger partial charge in [0.1, 0.15) is 0 Å². The normalized spacial score (nSPS) is 13.8. The summed E-state index contributed by atoms with van der Waals surface area (Å²) in [4.78, 5) is 4.06. The molecule has 1 aromatic rings. The molecule has 1 heterocycles. The fraction of sp³-hybridized carbons (Fsp3) is 0.750. The smallest absolute Gasteiger partial charge is 0.223 e. The van der Waals surface area contributed by atoms with E-state index in [1.807, 2.05) is 0 Å². The van der Waals surface area contributed by atoms with Gasteiger partial charge in [-0.05, 0) is 12.3 Å². The molecule has 0 bridgehead atoms. The molecule has 1 unspecified atom stereocenters. The van der Waals surface area contributed by atoms with Crippen LogP contribution in [0.3, 0.4) is 0 Å². The molecule has 1 aromatic heterocycles. The van der Waals surface area contributed by atoms with E-state index >= 15 is 0 Å². The lowest BCUT2D eigenvalue weighted by Gasteiger charge is -2.08. The van der Waals surface area contributed by atoms with Gasteiger partial charge < -0.3 is 10.3 Å². The molecule has 0 spiro atoms. The van der Waals surface area contributed by atoms with Crippen molar-refractivity contribution in [3.05, 3.63) is 11.7 Å². The molecule has 0 aliphatic heterocycles. The Labute approximate surface area is 72.1 Å². The molecule has 0 saturated carbocycles. The van der Waals surface area contributed by atoms with E-state index in [-0.39, 0.29) is 6.04 Å². The fourth-order valence-corrected chi connectivity index (χ4v) is 1.08. The highest BCUT2D eigenvalue weighted by molar-refractivity contribution is 4.91. The number of hydrogen-bond acceptors (Lipinski definition) is 4. The molecule has 4 nitrogen and oxygen atoms in total. The zero-order valence-corrected chi connectivity index (χ0v) is 7.74. The predicted octanol–water partition coefficient (Wildman–Crippen LogP) is 1.42. The second-order valence-corrected chi connectivity index (χ2v) is 3.41. The minimum absolute atomic E-state index is 0.0950. The van der Waals surface area contributed by atoms with E-state index in [9.17, 15) is 0 Å². The van der Waals surface area contributed by atoms with Gasteiger partial charge in [0.15, 0.2) is 5.82 Å². The molecule has 0 radical (unpaired) electrons. The number of aryl methyl sites for hydroxylation is 1. The summed E-state index contributed by atoms with van der Waals surface area (Å²) in [7, 11) is 0. The molecule has 1 rings (SSSR count). The van der Waals surface area contributed by atoms with Crippen LogP contribution in [0.15, 0.2) is 4.52 Å². The highest BCUT2D eigenvalue weighted by atomic mass is 16.5. The Morgan fingerprint density at radius 2 is 2.17 bits per heavy atom. The predicted molar refractivity (Wildman–Crippen MR) is 45.4 cm³/mol. The maximum Gasteiger partial charge on any atom is 0.223 e. The first-order chi connectivity index (χ1) is 5.59. The Bertz CT molecular complexity index is 244. The summed E-state index contributed by atoms with van der Waals surface area (Å²) >= 11 is 0. The summed E-state index contributed by atoms with van der Waals surface area (Å²) in [6.45, 7) is 6.00. The van der Waals surface area contributed by atoms with Crippen LogP contribution in [-0.2, 0) is 0 Å². The van der Waals surface area contributed by atoms with Crippen LogP contribution < -0.4 is 5.73 Å². The van der Waals surface area contributed by atoms with Crippen LogP contribution in [-0.4, -0.2) is 10.1 Å². The summed E-state index contributed by atoms with van der Waals surface area (Å²) in [5.41, 5.74) is 5.82. The van der Waals surface area contributed by atoms with Crippen LogP contribution in [0.25, 0.3) is 0 Å². The van der Waals surface area contributed by atoms with Gasteiger partial charge >= 0.3 is 0 Å². The molecule has 0 aliphatic rings. The minimum Gasteiger partial charge on any atom is -0.340 e. The van der Waals surface area contributed by atoms with Crippen LogP contribution in [0, 0.1) is 12.8 Å². The van der Waals surface area contributed by atoms with E-state index in [1.165, 1.54) is 0 Å². The largest absolute Gasteiger partial charge is 0.340 e. The summed E-state index contributed by atoms with van der Waals surface area (Å²) in [5, 5.41) is 3.76. The molecule has 2 N–H and O–H groups in total. The van der Waals surface area contributed by atoms with E-state index in [4.69, 9.17) is 10.3 Å². The molecular formula is C8H15N3O. The summed E-state index contributed by atoms with van der Waals surface area (Å²) in [5.74, 6) is 1.74. The van der Waals surface area contributed by atoms with Crippen LogP contribution in [0.2, 0.25) is 0 Å². The van der Waals surface area contributed by atoms with E-state index in [1.54, 1.807) is 6.92 Å². The first kappa shape index (κ1) is 9.19. The zero-order valence-electron chi connectivity index (χ0n) is 7.74. The van der Waals surface area contributed by atoms with Crippen LogP contribution in [0.1, 0.15) is 38.0 Å². The Kier molecular flexibility index (Phi) is 2.81. The van der Waals surface area contributed by atoms with Crippen molar-refractivity contribution < 1.29 is 4.52 Å². The molecule has 0 aromatic carbocycles. The van der Waals surface area contributed by atoms with Crippen molar-refractivity contribution in [2.45, 2.75) is 33.2 Å². The average molecular weight is 169 g/mol. The van der Waals surface area contributed by atoms with Gasteiger partial charge in [-0.3, -0.25) is 0 Å². The quantitative estimate of drug-likeness (QED) is 0.743. The molecular weight excluding hydrogens is 154 g/mol. The average Bonchev–Trinajstić information content (AvgIpc) is 2.34. The van der Waals surface area contributed by atoms with Crippen molar-refractivity contribution in [2.75, 3.05) is 0 Å². The first-order valence-corrected chi connectivity index (χ1v) is 4.15. The highest BCUT2D eigenvalue weighted by Gasteiger charge is 2.13. The topological polar surface area (TPSA) is 64.9 Å². The molecule has 1 atom stereocenters. The Morgan fingerprint density at radius 1 is 1.50 bits per heavy atom. The number of hydrogen-bond donors (Lipinski definition) is 1. The third-order valence-corrected chi connectivity index (χ3v) is 1.60. The number of aromatic nitrogens is 2. The highest BCUT2D eigenvalue weighted by Crippen LogP contribution is 2.15. The lowest BCUT2D eigenvalue weighted by molar-refractivity contribution is 0.377. The van der Waals surface area contributed by atoms with E-state index in [0.29, 0.717) is 17.6 Å². The minimum atomic E-state index is -0.0950. The fourth-order valence-electron chi connectivity index (χ4n) is 1.08. The van der Waals surface area contributed by atoms with Gasteiger partial charge in [0, 0.05) is 6.92 Å². The third-order valence-electron chi connectivity index (χ3n) is 1.60. The number of nitrogens with zero attached hydrogens (tertiary/aromatic N) is 2. The van der Waals surface area contributed by atoms with E-state index < -0.39 is 0 Å². The van der Waals surface area contributed by atoms with Crippen LogP contribution in [0.5, 0.6) is 0 Å². The Balaban J connectivity index is 2.58. The van der Waals surface area contributed by atoms with Crippen molar-refractivity contribution in [2.24, 2.45) is 11.7 Å². The van der Waals surface area contributed by atoms with Gasteiger partial charge in [0.2, 0.25) is 5.89 Å². The van der Waals surface area contributed by atoms with Gasteiger partial charge in [0.25, 0.3) is 0 Å². The lowest BCUT2D eigenvalue weighted by Crippen LogP contribution is -2.14. The standard InChI is InChI=1S/C8H15N3O/c1-5(2)4-7(9)8-10-6(3)12-11-8/h5,7H,4,9H2,1-3H3.